The lowest BCUT2D eigenvalue weighted by atomic mass is 10.2. The SMILES string of the molecule is O=C(CCCS(=O)(=O)c1ccccc1)c1ccc(-c2cccs2)s1. The summed E-state index contributed by atoms with van der Waals surface area (Å²) in [6, 6.07) is 16.1. The Balaban J connectivity index is 1.58. The summed E-state index contributed by atoms with van der Waals surface area (Å²) in [5.74, 6) is -0.00241. The van der Waals surface area contributed by atoms with Gasteiger partial charge in [0.2, 0.25) is 0 Å². The Morgan fingerprint density at radius 1 is 0.917 bits per heavy atom. The highest BCUT2D eigenvalue weighted by atomic mass is 32.2. The molecule has 0 aliphatic heterocycles. The lowest BCUT2D eigenvalue weighted by Gasteiger charge is -2.03. The summed E-state index contributed by atoms with van der Waals surface area (Å²) in [4.78, 5) is 15.5. The van der Waals surface area contributed by atoms with E-state index < -0.39 is 9.84 Å². The van der Waals surface area contributed by atoms with Gasteiger partial charge in [0.05, 0.1) is 15.5 Å². The highest BCUT2D eigenvalue weighted by Gasteiger charge is 2.16. The molecule has 0 bridgehead atoms. The van der Waals surface area contributed by atoms with Gasteiger partial charge in [-0.05, 0) is 42.1 Å². The van der Waals surface area contributed by atoms with Crippen LogP contribution >= 0.6 is 22.7 Å². The van der Waals surface area contributed by atoms with E-state index in [1.54, 1.807) is 41.7 Å². The maximum absolute atomic E-state index is 12.3. The maximum Gasteiger partial charge on any atom is 0.178 e. The summed E-state index contributed by atoms with van der Waals surface area (Å²) in [6.07, 6.45) is 0.582. The Morgan fingerprint density at radius 3 is 2.42 bits per heavy atom. The van der Waals surface area contributed by atoms with Crippen LogP contribution in [-0.4, -0.2) is 20.0 Å². The van der Waals surface area contributed by atoms with Gasteiger partial charge in [-0.15, -0.1) is 22.7 Å². The molecule has 0 unspecified atom stereocenters. The van der Waals surface area contributed by atoms with Crippen molar-refractivity contribution in [2.24, 2.45) is 0 Å². The molecule has 1 aromatic carbocycles. The first-order valence-electron chi connectivity index (χ1n) is 7.51. The second-order valence-corrected chi connectivity index (χ2v) is 9.44. The topological polar surface area (TPSA) is 51.2 Å². The molecule has 3 nitrogen and oxygen atoms in total. The molecule has 0 amide bonds. The van der Waals surface area contributed by atoms with E-state index >= 15 is 0 Å². The third kappa shape index (κ3) is 4.01. The van der Waals surface area contributed by atoms with Gasteiger partial charge in [0, 0.05) is 16.2 Å². The van der Waals surface area contributed by atoms with Gasteiger partial charge in [-0.2, -0.15) is 0 Å². The van der Waals surface area contributed by atoms with E-state index in [1.807, 2.05) is 29.6 Å². The van der Waals surface area contributed by atoms with E-state index in [1.165, 1.54) is 11.3 Å². The molecule has 0 radical (unpaired) electrons. The fourth-order valence-electron chi connectivity index (χ4n) is 2.33. The zero-order valence-corrected chi connectivity index (χ0v) is 15.3. The average Bonchev–Trinajstić information content (AvgIpc) is 3.26. The van der Waals surface area contributed by atoms with Crippen LogP contribution in [-0.2, 0) is 9.84 Å². The Bertz CT molecular complexity index is 908. The molecule has 24 heavy (non-hydrogen) atoms. The quantitative estimate of drug-likeness (QED) is 0.550. The van der Waals surface area contributed by atoms with Crippen LogP contribution in [0.4, 0.5) is 0 Å². The average molecular weight is 377 g/mol. The molecule has 0 atom stereocenters. The van der Waals surface area contributed by atoms with Crippen LogP contribution < -0.4 is 0 Å². The first-order valence-corrected chi connectivity index (χ1v) is 10.9. The number of hydrogen-bond donors (Lipinski definition) is 0. The number of thiophene rings is 2. The van der Waals surface area contributed by atoms with Gasteiger partial charge in [0.1, 0.15) is 0 Å². The van der Waals surface area contributed by atoms with Crippen molar-refractivity contribution in [1.29, 1.82) is 0 Å². The van der Waals surface area contributed by atoms with Crippen molar-refractivity contribution in [3.05, 3.63) is 64.9 Å². The predicted molar refractivity (Wildman–Crippen MR) is 99.7 cm³/mol. The smallest absolute Gasteiger partial charge is 0.178 e. The normalized spacial score (nSPS) is 11.5. The van der Waals surface area contributed by atoms with Crippen molar-refractivity contribution in [2.75, 3.05) is 5.75 Å². The largest absolute Gasteiger partial charge is 0.293 e. The zero-order chi connectivity index (χ0) is 17.0. The van der Waals surface area contributed by atoms with E-state index in [-0.39, 0.29) is 18.0 Å². The summed E-state index contributed by atoms with van der Waals surface area (Å²) in [6.45, 7) is 0. The molecule has 0 N–H and O–H groups in total. The molecule has 0 aliphatic carbocycles. The Morgan fingerprint density at radius 2 is 1.71 bits per heavy atom. The highest BCUT2D eigenvalue weighted by molar-refractivity contribution is 7.91. The van der Waals surface area contributed by atoms with Crippen LogP contribution in [0.3, 0.4) is 0 Å². The summed E-state index contributed by atoms with van der Waals surface area (Å²) < 4.78 is 24.4. The minimum Gasteiger partial charge on any atom is -0.293 e. The monoisotopic (exact) mass is 376 g/mol. The molecule has 0 fully saturated rings. The molecular weight excluding hydrogens is 360 g/mol. The van der Waals surface area contributed by atoms with E-state index in [0.29, 0.717) is 16.2 Å². The van der Waals surface area contributed by atoms with E-state index in [2.05, 4.69) is 0 Å². The van der Waals surface area contributed by atoms with E-state index in [9.17, 15) is 13.2 Å². The second kappa shape index (κ2) is 7.42. The van der Waals surface area contributed by atoms with E-state index in [0.717, 1.165) is 9.75 Å². The van der Waals surface area contributed by atoms with E-state index in [4.69, 9.17) is 0 Å². The summed E-state index contributed by atoms with van der Waals surface area (Å²) in [5.41, 5.74) is 0. The molecule has 124 valence electrons. The first kappa shape index (κ1) is 17.1. The van der Waals surface area contributed by atoms with Gasteiger partial charge in [-0.3, -0.25) is 4.79 Å². The van der Waals surface area contributed by atoms with Crippen LogP contribution in [0.2, 0.25) is 0 Å². The van der Waals surface area contributed by atoms with Crippen molar-refractivity contribution in [3.8, 4) is 9.75 Å². The summed E-state index contributed by atoms with van der Waals surface area (Å²) >= 11 is 3.10. The molecular formula is C18H16O3S3. The van der Waals surface area contributed by atoms with Gasteiger partial charge < -0.3 is 0 Å². The molecule has 2 aromatic heterocycles. The number of hydrogen-bond acceptors (Lipinski definition) is 5. The van der Waals surface area contributed by atoms with Crippen LogP contribution in [0, 0.1) is 0 Å². The van der Waals surface area contributed by atoms with Crippen molar-refractivity contribution in [1.82, 2.24) is 0 Å². The highest BCUT2D eigenvalue weighted by Crippen LogP contribution is 2.32. The van der Waals surface area contributed by atoms with Crippen molar-refractivity contribution in [3.63, 3.8) is 0 Å². The Labute approximate surface area is 149 Å². The number of benzene rings is 1. The van der Waals surface area contributed by atoms with Gasteiger partial charge in [-0.25, -0.2) is 8.42 Å². The van der Waals surface area contributed by atoms with Gasteiger partial charge in [0.15, 0.2) is 15.6 Å². The fourth-order valence-corrected chi connectivity index (χ4v) is 5.47. The van der Waals surface area contributed by atoms with Crippen molar-refractivity contribution >= 4 is 38.3 Å². The van der Waals surface area contributed by atoms with Gasteiger partial charge in [-0.1, -0.05) is 24.3 Å². The summed E-state index contributed by atoms with van der Waals surface area (Å²) in [5, 5.41) is 2.00. The lowest BCUT2D eigenvalue weighted by Crippen LogP contribution is -2.08. The number of Topliss-reactive ketones (excluding diaryl/α,β-unsaturated/α-hetero) is 1. The molecule has 6 heteroatoms. The molecule has 2 heterocycles. The standard InChI is InChI=1S/C18H16O3S3/c19-15(16-10-11-18(23-16)17-9-4-12-22-17)8-5-13-24(20,21)14-6-2-1-3-7-14/h1-4,6-7,9-12H,5,8,13H2. The Hall–Kier alpha value is -1.76. The third-order valence-corrected chi connectivity index (χ3v) is 7.57. The molecule has 3 rings (SSSR count). The maximum atomic E-state index is 12.3. The minimum absolute atomic E-state index is 0.00562. The molecule has 3 aromatic rings. The van der Waals surface area contributed by atoms with Crippen LogP contribution in [0.25, 0.3) is 9.75 Å². The molecule has 0 saturated heterocycles. The van der Waals surface area contributed by atoms with Gasteiger partial charge >= 0.3 is 0 Å². The zero-order valence-electron chi connectivity index (χ0n) is 12.8. The first-order chi connectivity index (χ1) is 11.6. The molecule has 0 spiro atoms. The predicted octanol–water partition coefficient (Wildman–Crippen LogP) is 4.91. The molecule has 0 saturated carbocycles. The third-order valence-electron chi connectivity index (χ3n) is 3.56. The van der Waals surface area contributed by atoms with Crippen LogP contribution in [0.1, 0.15) is 22.5 Å². The number of carbonyl (C=O) groups excluding carboxylic acids is 1. The Kier molecular flexibility index (Phi) is 5.28. The second-order valence-electron chi connectivity index (χ2n) is 5.30. The van der Waals surface area contributed by atoms with Crippen LogP contribution in [0.15, 0.2) is 64.9 Å². The lowest BCUT2D eigenvalue weighted by molar-refractivity contribution is 0.0986. The number of rotatable bonds is 7. The van der Waals surface area contributed by atoms with Gasteiger partial charge in [0.25, 0.3) is 0 Å². The number of carbonyl (C=O) groups is 1. The fraction of sp³-hybridized carbons (Fsp3) is 0.167. The minimum atomic E-state index is -3.32. The summed E-state index contributed by atoms with van der Waals surface area (Å²) in [7, 11) is -3.32. The van der Waals surface area contributed by atoms with Crippen molar-refractivity contribution < 1.29 is 13.2 Å². The van der Waals surface area contributed by atoms with Crippen molar-refractivity contribution in [2.45, 2.75) is 17.7 Å². The number of ketones is 1. The number of sulfone groups is 1. The van der Waals surface area contributed by atoms with Crippen LogP contribution in [0.5, 0.6) is 0 Å². The molecule has 0 aliphatic rings.